The molecular weight excluding hydrogens is 506 g/mol. The quantitative estimate of drug-likeness (QED) is 0.287. The second-order valence-corrected chi connectivity index (χ2v) is 10.6. The van der Waals surface area contributed by atoms with Crippen LogP contribution in [0.5, 0.6) is 0 Å². The molecule has 194 valence electrons. The number of benzene rings is 1. The van der Waals surface area contributed by atoms with Crippen LogP contribution in [0.15, 0.2) is 40.0 Å². The summed E-state index contributed by atoms with van der Waals surface area (Å²) in [6.45, 7) is 8.14. The molecule has 4 rings (SSSR count). The van der Waals surface area contributed by atoms with Gasteiger partial charge in [-0.25, -0.2) is 0 Å². The van der Waals surface area contributed by atoms with Crippen molar-refractivity contribution in [3.8, 4) is 6.07 Å². The molecule has 2 aliphatic rings. The molecule has 37 heavy (non-hydrogen) atoms. The molecule has 10 heteroatoms. The van der Waals surface area contributed by atoms with E-state index >= 15 is 0 Å². The maximum atomic E-state index is 13.3. The van der Waals surface area contributed by atoms with Crippen LogP contribution in [-0.2, 0) is 16.1 Å². The highest BCUT2D eigenvalue weighted by molar-refractivity contribution is 8.26. The fourth-order valence-corrected chi connectivity index (χ4v) is 6.07. The molecule has 1 aromatic heterocycles. The molecule has 1 amide bonds. The Morgan fingerprint density at radius 3 is 2.43 bits per heavy atom. The number of methoxy groups -OCH3 is 1. The van der Waals surface area contributed by atoms with E-state index in [-0.39, 0.29) is 17.0 Å². The number of piperazine rings is 1. The minimum atomic E-state index is -0.299. The zero-order chi connectivity index (χ0) is 26.5. The summed E-state index contributed by atoms with van der Waals surface area (Å²) in [5.74, 6) is 0.597. The lowest BCUT2D eigenvalue weighted by Crippen LogP contribution is -2.48. The Hall–Kier alpha value is -3.13. The number of anilines is 2. The Bertz CT molecular complexity index is 1310. The van der Waals surface area contributed by atoms with Gasteiger partial charge in [-0.05, 0) is 44.0 Å². The van der Waals surface area contributed by atoms with E-state index in [4.69, 9.17) is 17.0 Å². The van der Waals surface area contributed by atoms with Crippen LogP contribution in [0.25, 0.3) is 6.08 Å². The average molecular weight is 538 g/mol. The third-order valence-corrected chi connectivity index (χ3v) is 8.12. The van der Waals surface area contributed by atoms with E-state index in [1.165, 1.54) is 17.4 Å². The number of para-hydroxylation sites is 1. The van der Waals surface area contributed by atoms with Gasteiger partial charge in [0.05, 0.1) is 4.91 Å². The van der Waals surface area contributed by atoms with E-state index in [0.717, 1.165) is 24.5 Å². The standard InChI is InChI=1S/C27H31N5O3S2/c1-4-31-24(30-14-12-29(13-15-30)20-9-6-5-7-10-20)21(19(2)22(18-28)25(31)33)17-23-26(34)32(27(36)37-23)11-8-16-35-3/h5-7,9-10,17H,4,8,11-16H2,1-3H3. The van der Waals surface area contributed by atoms with Gasteiger partial charge in [-0.15, -0.1) is 0 Å². The van der Waals surface area contributed by atoms with Crippen LogP contribution < -0.4 is 15.4 Å². The number of pyridine rings is 1. The third kappa shape index (κ3) is 5.44. The number of amides is 1. The predicted molar refractivity (Wildman–Crippen MR) is 153 cm³/mol. The molecule has 8 nitrogen and oxygen atoms in total. The molecule has 0 atom stereocenters. The molecule has 0 aliphatic carbocycles. The first-order valence-corrected chi connectivity index (χ1v) is 13.6. The number of hydrogen-bond acceptors (Lipinski definition) is 8. The summed E-state index contributed by atoms with van der Waals surface area (Å²) >= 11 is 6.75. The number of hydrogen-bond donors (Lipinski definition) is 0. The summed E-state index contributed by atoms with van der Waals surface area (Å²) in [4.78, 5) is 33.1. The summed E-state index contributed by atoms with van der Waals surface area (Å²) in [5.41, 5.74) is 2.29. The number of nitriles is 1. The lowest BCUT2D eigenvalue weighted by molar-refractivity contribution is -0.122. The van der Waals surface area contributed by atoms with Gasteiger partial charge >= 0.3 is 0 Å². The zero-order valence-electron chi connectivity index (χ0n) is 21.4. The van der Waals surface area contributed by atoms with Gasteiger partial charge in [0.15, 0.2) is 0 Å². The van der Waals surface area contributed by atoms with Gasteiger partial charge in [-0.2, -0.15) is 5.26 Å². The molecule has 1 aromatic carbocycles. The van der Waals surface area contributed by atoms with Gasteiger partial charge in [0, 0.05) is 64.2 Å². The number of carbonyl (C=O) groups is 1. The van der Waals surface area contributed by atoms with Crippen molar-refractivity contribution in [1.29, 1.82) is 5.26 Å². The lowest BCUT2D eigenvalue weighted by Gasteiger charge is -2.39. The number of nitrogens with zero attached hydrogens (tertiary/aromatic N) is 5. The van der Waals surface area contributed by atoms with Crippen LogP contribution in [0.2, 0.25) is 0 Å². The van der Waals surface area contributed by atoms with Gasteiger partial charge in [-0.1, -0.05) is 42.2 Å². The van der Waals surface area contributed by atoms with E-state index in [1.807, 2.05) is 31.2 Å². The Morgan fingerprint density at radius 2 is 1.81 bits per heavy atom. The maximum absolute atomic E-state index is 13.3. The maximum Gasteiger partial charge on any atom is 0.270 e. The number of rotatable bonds is 8. The molecule has 2 aromatic rings. The van der Waals surface area contributed by atoms with Crippen LogP contribution in [-0.4, -0.2) is 66.1 Å². The van der Waals surface area contributed by atoms with Gasteiger partial charge in [0.25, 0.3) is 11.5 Å². The van der Waals surface area contributed by atoms with E-state index in [1.54, 1.807) is 23.5 Å². The van der Waals surface area contributed by atoms with Crippen molar-refractivity contribution in [2.45, 2.75) is 26.8 Å². The topological polar surface area (TPSA) is 81.8 Å². The van der Waals surface area contributed by atoms with Crippen molar-refractivity contribution in [3.63, 3.8) is 0 Å². The van der Waals surface area contributed by atoms with Crippen LogP contribution in [0.3, 0.4) is 0 Å². The van der Waals surface area contributed by atoms with Crippen LogP contribution in [0.1, 0.15) is 30.0 Å². The number of carbonyl (C=O) groups excluding carboxylic acids is 1. The number of thiocarbonyl (C=S) groups is 1. The first-order valence-electron chi connectivity index (χ1n) is 12.4. The number of ether oxygens (including phenoxy) is 1. The summed E-state index contributed by atoms with van der Waals surface area (Å²) < 4.78 is 7.29. The fourth-order valence-electron chi connectivity index (χ4n) is 4.78. The largest absolute Gasteiger partial charge is 0.385 e. The Balaban J connectivity index is 1.73. The van der Waals surface area contributed by atoms with Gasteiger partial charge in [0.1, 0.15) is 21.8 Å². The Kier molecular flexibility index (Phi) is 8.69. The monoisotopic (exact) mass is 537 g/mol. The second-order valence-electron chi connectivity index (χ2n) is 8.89. The van der Waals surface area contributed by atoms with Crippen LogP contribution in [0, 0.1) is 18.3 Å². The van der Waals surface area contributed by atoms with Crippen LogP contribution in [0.4, 0.5) is 11.5 Å². The van der Waals surface area contributed by atoms with Gasteiger partial charge in [-0.3, -0.25) is 19.1 Å². The van der Waals surface area contributed by atoms with Crippen molar-refractivity contribution in [3.05, 3.63) is 62.3 Å². The Morgan fingerprint density at radius 1 is 1.14 bits per heavy atom. The second kappa shape index (κ2) is 11.9. The smallest absolute Gasteiger partial charge is 0.270 e. The third-order valence-electron chi connectivity index (χ3n) is 6.74. The van der Waals surface area contributed by atoms with Crippen molar-refractivity contribution in [1.82, 2.24) is 9.47 Å². The summed E-state index contributed by atoms with van der Waals surface area (Å²) in [7, 11) is 1.63. The molecule has 0 bridgehead atoms. The SMILES string of the molecule is CCn1c(N2CCN(c3ccccc3)CC2)c(C=C2SC(=S)N(CCCOC)C2=O)c(C)c(C#N)c1=O. The first kappa shape index (κ1) is 26.9. The van der Waals surface area contributed by atoms with E-state index < -0.39 is 0 Å². The molecule has 0 spiro atoms. The Labute approximate surface area is 227 Å². The van der Waals surface area contributed by atoms with Gasteiger partial charge < -0.3 is 14.5 Å². The van der Waals surface area contributed by atoms with Gasteiger partial charge in [0.2, 0.25) is 0 Å². The summed E-state index contributed by atoms with van der Waals surface area (Å²) in [6.07, 6.45) is 2.50. The molecule has 0 N–H and O–H groups in total. The molecule has 2 saturated heterocycles. The highest BCUT2D eigenvalue weighted by Crippen LogP contribution is 2.36. The van der Waals surface area contributed by atoms with E-state index in [9.17, 15) is 14.9 Å². The van der Waals surface area contributed by atoms with E-state index in [0.29, 0.717) is 54.0 Å². The minimum Gasteiger partial charge on any atom is -0.385 e. The molecule has 2 fully saturated rings. The first-order chi connectivity index (χ1) is 17.9. The predicted octanol–water partition coefficient (Wildman–Crippen LogP) is 3.61. The van der Waals surface area contributed by atoms with Crippen molar-refractivity contribution < 1.29 is 9.53 Å². The molecule has 3 heterocycles. The lowest BCUT2D eigenvalue weighted by atomic mass is 10.0. The van der Waals surface area contributed by atoms with Crippen LogP contribution >= 0.6 is 24.0 Å². The van der Waals surface area contributed by atoms with Crippen molar-refractivity contribution in [2.75, 3.05) is 56.2 Å². The molecular formula is C27H31N5O3S2. The molecule has 0 radical (unpaired) electrons. The molecule has 0 saturated carbocycles. The highest BCUT2D eigenvalue weighted by Gasteiger charge is 2.33. The number of aromatic nitrogens is 1. The summed E-state index contributed by atoms with van der Waals surface area (Å²) in [6, 6.07) is 12.4. The normalized spacial score (nSPS) is 17.1. The summed E-state index contributed by atoms with van der Waals surface area (Å²) in [5, 5.41) is 9.81. The molecule has 2 aliphatic heterocycles. The van der Waals surface area contributed by atoms with E-state index in [2.05, 4.69) is 28.0 Å². The fraction of sp³-hybridized carbons (Fsp3) is 0.407. The zero-order valence-corrected chi connectivity index (χ0v) is 23.0. The molecule has 0 unspecified atom stereocenters. The van der Waals surface area contributed by atoms with Crippen molar-refractivity contribution in [2.24, 2.45) is 0 Å². The number of thioether (sulfide) groups is 1. The van der Waals surface area contributed by atoms with Crippen molar-refractivity contribution >= 4 is 51.8 Å². The average Bonchev–Trinajstić information content (AvgIpc) is 3.18. The highest BCUT2D eigenvalue weighted by atomic mass is 32.2. The minimum absolute atomic E-state index is 0.107.